The highest BCUT2D eigenvalue weighted by Gasteiger charge is 2.28. The van der Waals surface area contributed by atoms with Gasteiger partial charge in [-0.2, -0.15) is 0 Å². The first-order valence-corrected chi connectivity index (χ1v) is 10.3. The highest BCUT2D eigenvalue weighted by Crippen LogP contribution is 2.20. The molecule has 3 rings (SSSR count). The molecule has 2 heterocycles. The monoisotopic (exact) mass is 407 g/mol. The highest BCUT2D eigenvalue weighted by molar-refractivity contribution is 7.89. The van der Waals surface area contributed by atoms with E-state index < -0.39 is 10.0 Å². The van der Waals surface area contributed by atoms with Gasteiger partial charge in [0.1, 0.15) is 12.0 Å². The molecular weight excluding hydrogens is 386 g/mol. The number of amides is 2. The van der Waals surface area contributed by atoms with Crippen LogP contribution < -0.4 is 4.72 Å². The molecule has 1 aromatic carbocycles. The van der Waals surface area contributed by atoms with Gasteiger partial charge >= 0.3 is 0 Å². The number of nitrogens with zero attached hydrogens (tertiary/aromatic N) is 2. The number of nitrogens with one attached hydrogen (secondary N) is 1. The zero-order valence-corrected chi connectivity index (χ0v) is 16.2. The largest absolute Gasteiger partial charge is 0.449 e. The van der Waals surface area contributed by atoms with Gasteiger partial charge in [0.2, 0.25) is 21.8 Å². The molecule has 1 N–H and O–H groups in total. The zero-order chi connectivity index (χ0) is 20.1. The zero-order valence-electron chi connectivity index (χ0n) is 15.4. The third kappa shape index (κ3) is 4.83. The Labute approximate surface area is 162 Å². The van der Waals surface area contributed by atoms with Crippen molar-refractivity contribution in [3.8, 4) is 11.3 Å². The lowest BCUT2D eigenvalue weighted by Crippen LogP contribution is -2.33. The summed E-state index contributed by atoms with van der Waals surface area (Å²) in [5.74, 6) is 0.142. The molecule has 9 nitrogen and oxygen atoms in total. The second-order valence-electron chi connectivity index (χ2n) is 6.23. The first kappa shape index (κ1) is 20.2. The Morgan fingerprint density at radius 3 is 2.43 bits per heavy atom. The van der Waals surface area contributed by atoms with Gasteiger partial charge in [-0.15, -0.1) is 0 Å². The Bertz CT molecular complexity index is 936. The molecular formula is C18H21N3O6S. The lowest BCUT2D eigenvalue weighted by molar-refractivity contribution is -0.139. The predicted octanol–water partition coefficient (Wildman–Crippen LogP) is 1.09. The van der Waals surface area contributed by atoms with Gasteiger partial charge in [-0.1, -0.05) is 12.1 Å². The summed E-state index contributed by atoms with van der Waals surface area (Å²) in [5, 5.41) is 0. The van der Waals surface area contributed by atoms with Gasteiger partial charge in [0, 0.05) is 31.9 Å². The van der Waals surface area contributed by atoms with Gasteiger partial charge in [0.15, 0.2) is 5.89 Å². The van der Waals surface area contributed by atoms with Crippen molar-refractivity contribution in [3.63, 3.8) is 0 Å². The molecule has 2 amide bonds. The van der Waals surface area contributed by atoms with Crippen LogP contribution in [0.3, 0.4) is 0 Å². The Morgan fingerprint density at radius 2 is 1.82 bits per heavy atom. The number of hydrogen-bond donors (Lipinski definition) is 1. The van der Waals surface area contributed by atoms with E-state index in [1.54, 1.807) is 19.1 Å². The molecule has 0 spiro atoms. The Balaban J connectivity index is 1.43. The van der Waals surface area contributed by atoms with E-state index in [0.29, 0.717) is 11.6 Å². The molecule has 2 aromatic rings. The Morgan fingerprint density at radius 1 is 1.14 bits per heavy atom. The van der Waals surface area contributed by atoms with E-state index in [2.05, 4.69) is 9.71 Å². The maximum atomic E-state index is 12.3. The molecule has 0 bridgehead atoms. The van der Waals surface area contributed by atoms with E-state index in [1.807, 2.05) is 0 Å². The van der Waals surface area contributed by atoms with Crippen molar-refractivity contribution in [1.82, 2.24) is 14.6 Å². The van der Waals surface area contributed by atoms with E-state index in [9.17, 15) is 18.0 Å². The summed E-state index contributed by atoms with van der Waals surface area (Å²) in [7, 11) is -3.67. The minimum atomic E-state index is -3.67. The van der Waals surface area contributed by atoms with Crippen molar-refractivity contribution in [2.45, 2.75) is 24.7 Å². The molecule has 1 aliphatic rings. The topological polar surface area (TPSA) is 119 Å². The molecule has 0 unspecified atom stereocenters. The van der Waals surface area contributed by atoms with Crippen LogP contribution in [0.4, 0.5) is 0 Å². The van der Waals surface area contributed by atoms with Crippen LogP contribution in [-0.4, -0.2) is 56.4 Å². The van der Waals surface area contributed by atoms with Crippen molar-refractivity contribution in [2.24, 2.45) is 0 Å². The molecule has 150 valence electrons. The summed E-state index contributed by atoms with van der Waals surface area (Å²) in [6.45, 7) is 2.30. The van der Waals surface area contributed by atoms with Gasteiger partial charge in [-0.25, -0.2) is 18.1 Å². The second kappa shape index (κ2) is 8.63. The third-order valence-corrected chi connectivity index (χ3v) is 5.71. The summed E-state index contributed by atoms with van der Waals surface area (Å²) in [4.78, 5) is 28.4. The molecule has 1 aliphatic heterocycles. The minimum Gasteiger partial charge on any atom is -0.449 e. The molecule has 28 heavy (non-hydrogen) atoms. The van der Waals surface area contributed by atoms with Gasteiger partial charge in [-0.3, -0.25) is 14.5 Å². The summed E-state index contributed by atoms with van der Waals surface area (Å²) < 4.78 is 37.5. The second-order valence-corrected chi connectivity index (χ2v) is 7.99. The molecule has 1 fully saturated rings. The number of aryl methyl sites for hydroxylation is 1. The fourth-order valence-electron chi connectivity index (χ4n) is 2.76. The Hall–Kier alpha value is -2.56. The van der Waals surface area contributed by atoms with Crippen molar-refractivity contribution in [2.75, 3.05) is 26.3 Å². The number of carbonyl (C=O) groups is 2. The highest BCUT2D eigenvalue weighted by atomic mass is 32.2. The van der Waals surface area contributed by atoms with E-state index in [0.717, 1.165) is 5.56 Å². The number of sulfonamides is 1. The van der Waals surface area contributed by atoms with E-state index in [-0.39, 0.29) is 55.9 Å². The van der Waals surface area contributed by atoms with Crippen LogP contribution in [0.5, 0.6) is 0 Å². The third-order valence-electron chi connectivity index (χ3n) is 4.23. The van der Waals surface area contributed by atoms with Crippen LogP contribution >= 0.6 is 0 Å². The van der Waals surface area contributed by atoms with E-state index >= 15 is 0 Å². The number of hydrogen-bond acceptors (Lipinski definition) is 7. The van der Waals surface area contributed by atoms with Crippen LogP contribution in [0.15, 0.2) is 39.8 Å². The average molecular weight is 407 g/mol. The molecule has 1 saturated heterocycles. The number of ether oxygens (including phenoxy) is 1. The summed E-state index contributed by atoms with van der Waals surface area (Å²) in [6.07, 6.45) is 2.00. The summed E-state index contributed by atoms with van der Waals surface area (Å²) in [6, 6.07) is 6.30. The van der Waals surface area contributed by atoms with Crippen molar-refractivity contribution < 1.29 is 27.2 Å². The fraction of sp³-hybridized carbons (Fsp3) is 0.389. The maximum absolute atomic E-state index is 12.3. The van der Waals surface area contributed by atoms with Crippen molar-refractivity contribution >= 4 is 21.8 Å². The van der Waals surface area contributed by atoms with Crippen LogP contribution in [0.1, 0.15) is 18.7 Å². The van der Waals surface area contributed by atoms with Gasteiger partial charge in [0.05, 0.1) is 24.7 Å². The molecule has 0 radical (unpaired) electrons. The SMILES string of the molecule is Cc1nc(-c2ccc(S(=O)(=O)NCCOCCN3C(=O)CCC3=O)cc2)co1. The normalized spacial score (nSPS) is 14.8. The first-order valence-electron chi connectivity index (χ1n) is 8.80. The van der Waals surface area contributed by atoms with Crippen LogP contribution in [0, 0.1) is 6.92 Å². The molecule has 1 aromatic heterocycles. The smallest absolute Gasteiger partial charge is 0.240 e. The lowest BCUT2D eigenvalue weighted by Gasteiger charge is -2.13. The van der Waals surface area contributed by atoms with E-state index in [4.69, 9.17) is 9.15 Å². The molecule has 0 atom stereocenters. The molecule has 10 heteroatoms. The van der Waals surface area contributed by atoms with Gasteiger partial charge in [-0.05, 0) is 12.1 Å². The summed E-state index contributed by atoms with van der Waals surface area (Å²) in [5.41, 5.74) is 1.39. The van der Waals surface area contributed by atoms with Crippen LogP contribution in [0.25, 0.3) is 11.3 Å². The number of imide groups is 1. The van der Waals surface area contributed by atoms with Crippen LogP contribution in [-0.2, 0) is 24.3 Å². The Kier molecular flexibility index (Phi) is 6.22. The lowest BCUT2D eigenvalue weighted by atomic mass is 10.2. The summed E-state index contributed by atoms with van der Waals surface area (Å²) >= 11 is 0. The van der Waals surface area contributed by atoms with Crippen LogP contribution in [0.2, 0.25) is 0 Å². The number of rotatable bonds is 9. The van der Waals surface area contributed by atoms with Crippen molar-refractivity contribution in [1.29, 1.82) is 0 Å². The average Bonchev–Trinajstić information content (AvgIpc) is 3.24. The maximum Gasteiger partial charge on any atom is 0.240 e. The quantitative estimate of drug-likeness (QED) is 0.488. The van der Waals surface area contributed by atoms with Gasteiger partial charge in [0.25, 0.3) is 0 Å². The fourth-order valence-corrected chi connectivity index (χ4v) is 3.78. The minimum absolute atomic E-state index is 0.0778. The number of oxazole rings is 1. The number of benzene rings is 1. The predicted molar refractivity (Wildman–Crippen MR) is 98.6 cm³/mol. The van der Waals surface area contributed by atoms with Crippen molar-refractivity contribution in [3.05, 3.63) is 36.4 Å². The first-order chi connectivity index (χ1) is 13.4. The molecule has 0 saturated carbocycles. The molecule has 0 aliphatic carbocycles. The van der Waals surface area contributed by atoms with E-state index in [1.165, 1.54) is 23.3 Å². The standard InChI is InChI=1S/C18H21N3O6S/c1-13-20-16(12-27-13)14-2-4-15(5-3-14)28(24,25)19-8-10-26-11-9-21-17(22)6-7-18(21)23/h2-5,12,19H,6-11H2,1H3. The number of likely N-dealkylation sites (tertiary alicyclic amines) is 1. The number of carbonyl (C=O) groups excluding carboxylic acids is 2. The van der Waals surface area contributed by atoms with Gasteiger partial charge < -0.3 is 9.15 Å². The number of aromatic nitrogens is 1.